The van der Waals surface area contributed by atoms with Crippen LogP contribution < -0.4 is 0 Å². The first-order valence-electron chi connectivity index (χ1n) is 5.88. The number of hydrogen-bond donors (Lipinski definition) is 1. The lowest BCUT2D eigenvalue weighted by molar-refractivity contribution is 0.473. The van der Waals surface area contributed by atoms with Gasteiger partial charge in [-0.05, 0) is 49.2 Å². The van der Waals surface area contributed by atoms with Gasteiger partial charge in [-0.15, -0.1) is 0 Å². The smallest absolute Gasteiger partial charge is 0.124 e. The second-order valence-electron chi connectivity index (χ2n) is 4.42. The van der Waals surface area contributed by atoms with Crippen molar-refractivity contribution < 1.29 is 5.11 Å². The predicted molar refractivity (Wildman–Crippen MR) is 86.3 cm³/mol. The Morgan fingerprint density at radius 3 is 2.45 bits per heavy atom. The van der Waals surface area contributed by atoms with Gasteiger partial charge < -0.3 is 5.11 Å². The summed E-state index contributed by atoms with van der Waals surface area (Å²) in [6.45, 7) is 3.67. The normalized spacial score (nSPS) is 11.2. The average molecular weight is 329 g/mol. The molecule has 0 amide bonds. The molecular formula is C15H12Cl3NO. The molecule has 2 aromatic carbocycles. The van der Waals surface area contributed by atoms with Crippen LogP contribution in [0, 0.1) is 13.8 Å². The maximum atomic E-state index is 9.98. The van der Waals surface area contributed by atoms with Crippen LogP contribution >= 0.6 is 34.8 Å². The summed E-state index contributed by atoms with van der Waals surface area (Å²) < 4.78 is 0. The van der Waals surface area contributed by atoms with Crippen molar-refractivity contribution in [3.05, 3.63) is 56.0 Å². The second kappa shape index (κ2) is 6.04. The quantitative estimate of drug-likeness (QED) is 0.703. The molecule has 0 aliphatic heterocycles. The van der Waals surface area contributed by atoms with Crippen molar-refractivity contribution >= 4 is 46.7 Å². The van der Waals surface area contributed by atoms with E-state index in [1.807, 2.05) is 13.8 Å². The second-order valence-corrected chi connectivity index (χ2v) is 5.64. The Morgan fingerprint density at radius 2 is 1.80 bits per heavy atom. The molecule has 0 aromatic heterocycles. The maximum Gasteiger partial charge on any atom is 0.124 e. The fraction of sp³-hybridized carbons (Fsp3) is 0.133. The molecule has 2 aromatic rings. The van der Waals surface area contributed by atoms with E-state index in [1.54, 1.807) is 30.5 Å². The zero-order valence-electron chi connectivity index (χ0n) is 10.9. The fourth-order valence-electron chi connectivity index (χ4n) is 1.84. The molecule has 0 saturated carbocycles. The number of rotatable bonds is 2. The van der Waals surface area contributed by atoms with Gasteiger partial charge in [-0.3, -0.25) is 4.99 Å². The molecule has 0 unspecified atom stereocenters. The van der Waals surface area contributed by atoms with Gasteiger partial charge in [0.2, 0.25) is 0 Å². The van der Waals surface area contributed by atoms with Crippen molar-refractivity contribution in [3.63, 3.8) is 0 Å². The molecule has 0 aliphatic rings. The molecule has 20 heavy (non-hydrogen) atoms. The first-order chi connectivity index (χ1) is 9.40. The van der Waals surface area contributed by atoms with Crippen LogP contribution in [0.1, 0.15) is 16.7 Å². The number of aliphatic imine (C=N–C) groups is 1. The molecule has 0 heterocycles. The SMILES string of the molecule is Cc1cc(O)c(C=Nc2ccc(Cl)cc2Cl)c(C)c1Cl. The Labute approximate surface area is 132 Å². The molecule has 0 saturated heterocycles. The number of benzene rings is 2. The highest BCUT2D eigenvalue weighted by Crippen LogP contribution is 2.31. The number of nitrogens with zero attached hydrogens (tertiary/aromatic N) is 1. The summed E-state index contributed by atoms with van der Waals surface area (Å²) in [5.41, 5.74) is 2.75. The predicted octanol–water partition coefficient (Wildman–Crippen LogP) is 5.72. The zero-order chi connectivity index (χ0) is 14.9. The molecule has 104 valence electrons. The van der Waals surface area contributed by atoms with E-state index in [4.69, 9.17) is 34.8 Å². The molecule has 0 atom stereocenters. The van der Waals surface area contributed by atoms with Gasteiger partial charge in [-0.1, -0.05) is 34.8 Å². The minimum Gasteiger partial charge on any atom is -0.507 e. The maximum absolute atomic E-state index is 9.98. The summed E-state index contributed by atoms with van der Waals surface area (Å²) in [5, 5.41) is 11.6. The van der Waals surface area contributed by atoms with Crippen LogP contribution in [0.15, 0.2) is 29.3 Å². The van der Waals surface area contributed by atoms with Gasteiger partial charge in [-0.2, -0.15) is 0 Å². The van der Waals surface area contributed by atoms with Crippen LogP contribution in [-0.2, 0) is 0 Å². The first-order valence-corrected chi connectivity index (χ1v) is 7.01. The highest BCUT2D eigenvalue weighted by atomic mass is 35.5. The Hall–Kier alpha value is -1.22. The van der Waals surface area contributed by atoms with Crippen LogP contribution in [0.2, 0.25) is 15.1 Å². The standard InChI is InChI=1S/C15H12Cl3NO/c1-8-5-14(20)11(9(2)15(8)18)7-19-13-4-3-10(16)6-12(13)17/h3-7,20H,1-2H3. The van der Waals surface area contributed by atoms with E-state index in [0.29, 0.717) is 26.3 Å². The molecule has 0 spiro atoms. The van der Waals surface area contributed by atoms with E-state index in [9.17, 15) is 5.11 Å². The number of phenolic OH excluding ortho intramolecular Hbond substituents is 1. The summed E-state index contributed by atoms with van der Waals surface area (Å²) in [6.07, 6.45) is 1.55. The lowest BCUT2D eigenvalue weighted by Crippen LogP contribution is -1.92. The molecule has 5 heteroatoms. The molecule has 0 radical (unpaired) electrons. The minimum absolute atomic E-state index is 0.137. The first kappa shape index (κ1) is 15.2. The topological polar surface area (TPSA) is 32.6 Å². The molecule has 0 aliphatic carbocycles. The van der Waals surface area contributed by atoms with E-state index >= 15 is 0 Å². The van der Waals surface area contributed by atoms with Gasteiger partial charge >= 0.3 is 0 Å². The molecule has 2 nitrogen and oxygen atoms in total. The summed E-state index contributed by atoms with van der Waals surface area (Å²) in [7, 11) is 0. The third-order valence-electron chi connectivity index (χ3n) is 2.95. The van der Waals surface area contributed by atoms with Gasteiger partial charge in [0.1, 0.15) is 5.75 Å². The number of hydrogen-bond acceptors (Lipinski definition) is 2. The minimum atomic E-state index is 0.137. The largest absolute Gasteiger partial charge is 0.507 e. The van der Waals surface area contributed by atoms with Gasteiger partial charge in [0.15, 0.2) is 0 Å². The Kier molecular flexibility index (Phi) is 4.59. The van der Waals surface area contributed by atoms with Crippen molar-refractivity contribution in [3.8, 4) is 5.75 Å². The fourth-order valence-corrected chi connectivity index (χ4v) is 2.45. The number of aromatic hydroxyl groups is 1. The van der Waals surface area contributed by atoms with Crippen molar-refractivity contribution in [2.75, 3.05) is 0 Å². The molecular weight excluding hydrogens is 317 g/mol. The van der Waals surface area contributed by atoms with Gasteiger partial charge in [0, 0.05) is 21.8 Å². The van der Waals surface area contributed by atoms with Crippen molar-refractivity contribution in [2.24, 2.45) is 4.99 Å². The molecule has 2 rings (SSSR count). The van der Waals surface area contributed by atoms with Crippen molar-refractivity contribution in [1.29, 1.82) is 0 Å². The third-order valence-corrected chi connectivity index (χ3v) is 4.07. The van der Waals surface area contributed by atoms with Gasteiger partial charge in [0.05, 0.1) is 10.7 Å². The molecule has 1 N–H and O–H groups in total. The van der Waals surface area contributed by atoms with Crippen molar-refractivity contribution in [2.45, 2.75) is 13.8 Å². The number of halogens is 3. The summed E-state index contributed by atoms with van der Waals surface area (Å²) >= 11 is 18.0. The van der Waals surface area contributed by atoms with Crippen LogP contribution in [0.4, 0.5) is 5.69 Å². The Balaban J connectivity index is 2.44. The number of aryl methyl sites for hydroxylation is 1. The van der Waals surface area contributed by atoms with Gasteiger partial charge in [-0.25, -0.2) is 0 Å². The van der Waals surface area contributed by atoms with Crippen LogP contribution in [0.3, 0.4) is 0 Å². The van der Waals surface area contributed by atoms with E-state index in [-0.39, 0.29) is 5.75 Å². The van der Waals surface area contributed by atoms with Gasteiger partial charge in [0.25, 0.3) is 0 Å². The summed E-state index contributed by atoms with van der Waals surface area (Å²) in [6, 6.07) is 6.64. The number of phenols is 1. The Bertz CT molecular complexity index is 696. The van der Waals surface area contributed by atoms with Crippen LogP contribution in [0.5, 0.6) is 5.75 Å². The highest BCUT2D eigenvalue weighted by molar-refractivity contribution is 6.36. The summed E-state index contributed by atoms with van der Waals surface area (Å²) in [4.78, 5) is 4.28. The zero-order valence-corrected chi connectivity index (χ0v) is 13.2. The third kappa shape index (κ3) is 3.09. The van der Waals surface area contributed by atoms with Crippen LogP contribution in [0.25, 0.3) is 0 Å². The monoisotopic (exact) mass is 327 g/mol. The van der Waals surface area contributed by atoms with E-state index in [2.05, 4.69) is 4.99 Å². The summed E-state index contributed by atoms with van der Waals surface area (Å²) in [5.74, 6) is 0.137. The van der Waals surface area contributed by atoms with E-state index in [1.165, 1.54) is 0 Å². The molecule has 0 fully saturated rings. The van der Waals surface area contributed by atoms with Crippen LogP contribution in [-0.4, -0.2) is 11.3 Å². The Morgan fingerprint density at radius 1 is 1.10 bits per heavy atom. The molecule has 0 bridgehead atoms. The van der Waals surface area contributed by atoms with E-state index < -0.39 is 0 Å². The van der Waals surface area contributed by atoms with Crippen molar-refractivity contribution in [1.82, 2.24) is 0 Å². The average Bonchev–Trinajstić information content (AvgIpc) is 2.38. The lowest BCUT2D eigenvalue weighted by Gasteiger charge is -2.08. The van der Waals surface area contributed by atoms with E-state index in [0.717, 1.165) is 11.1 Å². The lowest BCUT2D eigenvalue weighted by atomic mass is 10.0. The highest BCUT2D eigenvalue weighted by Gasteiger charge is 2.10.